The van der Waals surface area contributed by atoms with E-state index in [-0.39, 0.29) is 30.1 Å². The van der Waals surface area contributed by atoms with Crippen LogP contribution in [-0.2, 0) is 14.2 Å². The molecule has 14 atom stereocenters. The van der Waals surface area contributed by atoms with Crippen LogP contribution in [0.4, 0.5) is 4.79 Å². The van der Waals surface area contributed by atoms with Crippen molar-refractivity contribution >= 4 is 6.09 Å². The van der Waals surface area contributed by atoms with E-state index < -0.39 is 30.7 Å². The highest BCUT2D eigenvalue weighted by atomic mass is 16.7. The van der Waals surface area contributed by atoms with Crippen molar-refractivity contribution in [2.24, 2.45) is 52.3 Å². The van der Waals surface area contributed by atoms with Gasteiger partial charge in [0.2, 0.25) is 0 Å². The van der Waals surface area contributed by atoms with Gasteiger partial charge in [0.25, 0.3) is 0 Å². The number of rotatable bonds is 12. The summed E-state index contributed by atoms with van der Waals surface area (Å²) in [7, 11) is 0. The van der Waals surface area contributed by atoms with Crippen LogP contribution in [0.1, 0.15) is 126 Å². The molecule has 1 amide bonds. The second-order valence-corrected chi connectivity index (χ2v) is 17.2. The first-order valence-corrected chi connectivity index (χ1v) is 19.2. The first kappa shape index (κ1) is 37.1. The Morgan fingerprint density at radius 2 is 1.79 bits per heavy atom. The minimum atomic E-state index is -1.33. The maximum atomic E-state index is 12.9. The number of hydrogen-bond acceptors (Lipinski definition) is 7. The van der Waals surface area contributed by atoms with Crippen molar-refractivity contribution in [2.45, 2.75) is 162 Å². The third-order valence-electron chi connectivity index (χ3n) is 14.0. The number of aliphatic hydroxyl groups is 3. The second kappa shape index (κ2) is 15.4. The third-order valence-corrected chi connectivity index (χ3v) is 14.0. The molecule has 0 bridgehead atoms. The van der Waals surface area contributed by atoms with Crippen LogP contribution in [0.3, 0.4) is 0 Å². The molecule has 0 aromatic heterocycles. The molecule has 8 nitrogen and oxygen atoms in total. The average Bonchev–Trinajstić information content (AvgIpc) is 3.39. The summed E-state index contributed by atoms with van der Waals surface area (Å²) in [6.45, 7) is 16.7. The van der Waals surface area contributed by atoms with E-state index in [2.05, 4.69) is 46.0 Å². The predicted octanol–water partition coefficient (Wildman–Crippen LogP) is 6.99. The largest absolute Gasteiger partial charge is 0.446 e. The lowest BCUT2D eigenvalue weighted by Gasteiger charge is -2.58. The molecule has 47 heavy (non-hydrogen) atoms. The highest BCUT2D eigenvalue weighted by molar-refractivity contribution is 5.67. The van der Waals surface area contributed by atoms with Gasteiger partial charge in [-0.3, -0.25) is 0 Å². The van der Waals surface area contributed by atoms with Gasteiger partial charge >= 0.3 is 6.09 Å². The zero-order chi connectivity index (χ0) is 34.1. The minimum Gasteiger partial charge on any atom is -0.446 e. The Labute approximate surface area is 284 Å². The third kappa shape index (κ3) is 7.77. The number of fused-ring (bicyclic) bond motifs is 5. The molecule has 0 aromatic carbocycles. The molecule has 0 aromatic rings. The summed E-state index contributed by atoms with van der Waals surface area (Å²) in [6.07, 6.45) is 11.0. The summed E-state index contributed by atoms with van der Waals surface area (Å²) in [6, 6.07) is 0. The van der Waals surface area contributed by atoms with Crippen molar-refractivity contribution in [3.05, 3.63) is 11.6 Å². The standard InChI is InChI=1S/C39H67NO7/c1-8-26(22-45-36-35(43)34(42)33(41)25(5)46-36)21-40-37(44)47-28-16-18-38(6)27(20-28)12-13-29-31-15-14-30(24(4)11-9-10-23(2)3)39(31,7)19-17-32(29)38/h12,23-26,28-36,41-43H,8-11,13-22H2,1-7H3,(H,40,44)/t24?,25?,26?,28?,29?,30?,31?,32?,33-,34?,35?,36?,38-,39+/m0/s1. The molecule has 270 valence electrons. The second-order valence-electron chi connectivity index (χ2n) is 17.2. The fraction of sp³-hybridized carbons (Fsp3) is 0.923. The van der Waals surface area contributed by atoms with E-state index in [0.717, 1.165) is 61.2 Å². The van der Waals surface area contributed by atoms with E-state index in [1.165, 1.54) is 56.9 Å². The van der Waals surface area contributed by atoms with E-state index in [1.807, 2.05) is 6.92 Å². The number of carbonyl (C=O) groups is 1. The Morgan fingerprint density at radius 1 is 1.02 bits per heavy atom. The maximum Gasteiger partial charge on any atom is 0.407 e. The molecule has 5 aliphatic rings. The molecule has 1 heterocycles. The van der Waals surface area contributed by atoms with Crippen LogP contribution in [-0.4, -0.2) is 71.4 Å². The van der Waals surface area contributed by atoms with E-state index in [1.54, 1.807) is 6.92 Å². The van der Waals surface area contributed by atoms with Gasteiger partial charge in [0.15, 0.2) is 6.29 Å². The number of amides is 1. The van der Waals surface area contributed by atoms with E-state index in [0.29, 0.717) is 12.0 Å². The van der Waals surface area contributed by atoms with Crippen molar-refractivity contribution in [3.8, 4) is 0 Å². The molecular formula is C39H67NO7. The normalized spacial score (nSPS) is 42.9. The van der Waals surface area contributed by atoms with Crippen LogP contribution in [0.2, 0.25) is 0 Å². The van der Waals surface area contributed by atoms with Crippen LogP contribution < -0.4 is 5.32 Å². The molecular weight excluding hydrogens is 594 g/mol. The lowest BCUT2D eigenvalue weighted by molar-refractivity contribution is -0.295. The van der Waals surface area contributed by atoms with Gasteiger partial charge in [-0.25, -0.2) is 4.79 Å². The zero-order valence-corrected chi connectivity index (χ0v) is 30.5. The molecule has 0 spiro atoms. The first-order valence-electron chi connectivity index (χ1n) is 19.2. The van der Waals surface area contributed by atoms with Gasteiger partial charge < -0.3 is 34.8 Å². The van der Waals surface area contributed by atoms with Crippen LogP contribution in [0.15, 0.2) is 11.6 Å². The minimum absolute atomic E-state index is 0.0134. The Morgan fingerprint density at radius 3 is 2.51 bits per heavy atom. The summed E-state index contributed by atoms with van der Waals surface area (Å²) in [4.78, 5) is 12.9. The Kier molecular flexibility index (Phi) is 12.1. The van der Waals surface area contributed by atoms with Crippen molar-refractivity contribution < 1.29 is 34.3 Å². The van der Waals surface area contributed by atoms with Gasteiger partial charge in [0, 0.05) is 13.0 Å². The predicted molar refractivity (Wildman–Crippen MR) is 183 cm³/mol. The van der Waals surface area contributed by atoms with E-state index >= 15 is 0 Å². The van der Waals surface area contributed by atoms with Gasteiger partial charge in [-0.05, 0) is 111 Å². The molecule has 3 saturated carbocycles. The van der Waals surface area contributed by atoms with Crippen molar-refractivity contribution in [1.82, 2.24) is 5.32 Å². The number of hydrogen-bond donors (Lipinski definition) is 4. The highest BCUT2D eigenvalue weighted by Gasteiger charge is 2.59. The Hall–Kier alpha value is -1.19. The molecule has 4 N–H and O–H groups in total. The van der Waals surface area contributed by atoms with Crippen LogP contribution in [0.25, 0.3) is 0 Å². The number of allylic oxidation sites excluding steroid dienone is 1. The van der Waals surface area contributed by atoms with Crippen LogP contribution >= 0.6 is 0 Å². The van der Waals surface area contributed by atoms with Gasteiger partial charge in [0.05, 0.1) is 12.7 Å². The maximum absolute atomic E-state index is 12.9. The zero-order valence-electron chi connectivity index (χ0n) is 30.5. The van der Waals surface area contributed by atoms with Crippen LogP contribution in [0.5, 0.6) is 0 Å². The molecule has 1 saturated heterocycles. The van der Waals surface area contributed by atoms with Crippen LogP contribution in [0, 0.1) is 52.3 Å². The Bertz CT molecular complexity index is 1080. The highest BCUT2D eigenvalue weighted by Crippen LogP contribution is 2.67. The summed E-state index contributed by atoms with van der Waals surface area (Å²) < 4.78 is 17.3. The van der Waals surface area contributed by atoms with Gasteiger partial charge in [-0.2, -0.15) is 0 Å². The summed E-state index contributed by atoms with van der Waals surface area (Å²) in [5.41, 5.74) is 2.24. The number of ether oxygens (including phenoxy) is 3. The first-order chi connectivity index (χ1) is 22.3. The molecule has 4 fully saturated rings. The number of alkyl carbamates (subject to hydrolysis) is 1. The number of nitrogens with one attached hydrogen (secondary N) is 1. The average molecular weight is 662 g/mol. The summed E-state index contributed by atoms with van der Waals surface area (Å²) >= 11 is 0. The number of aliphatic hydroxyl groups excluding tert-OH is 3. The van der Waals surface area contributed by atoms with E-state index in [9.17, 15) is 20.1 Å². The van der Waals surface area contributed by atoms with Crippen molar-refractivity contribution in [1.29, 1.82) is 0 Å². The monoisotopic (exact) mass is 661 g/mol. The number of carbonyl (C=O) groups excluding carboxylic acids is 1. The Balaban J connectivity index is 1.10. The smallest absolute Gasteiger partial charge is 0.407 e. The van der Waals surface area contributed by atoms with Gasteiger partial charge in [0.1, 0.15) is 24.4 Å². The molecule has 5 rings (SSSR count). The molecule has 1 aliphatic heterocycles. The van der Waals surface area contributed by atoms with E-state index in [4.69, 9.17) is 14.2 Å². The lowest BCUT2D eigenvalue weighted by Crippen LogP contribution is -2.57. The quantitative estimate of drug-likeness (QED) is 0.167. The molecule has 4 aliphatic carbocycles. The van der Waals surface area contributed by atoms with Crippen molar-refractivity contribution in [2.75, 3.05) is 13.2 Å². The topological polar surface area (TPSA) is 117 Å². The van der Waals surface area contributed by atoms with Crippen molar-refractivity contribution in [3.63, 3.8) is 0 Å². The fourth-order valence-electron chi connectivity index (χ4n) is 10.9. The SMILES string of the molecule is CCC(CNC(=O)OC1CC[C@@]2(C)C(=CCC3C4CCC(C(C)CCCC(C)C)[C@@]4(C)CCC32)C1)COC1OC(C)[C@H](O)C(O)C1O. The lowest BCUT2D eigenvalue weighted by atomic mass is 9.47. The molecule has 11 unspecified atom stereocenters. The fourth-order valence-corrected chi connectivity index (χ4v) is 10.9. The molecule has 8 heteroatoms. The van der Waals surface area contributed by atoms with Gasteiger partial charge in [-0.15, -0.1) is 0 Å². The molecule has 0 radical (unpaired) electrons. The van der Waals surface area contributed by atoms with Gasteiger partial charge in [-0.1, -0.05) is 72.5 Å². The summed E-state index contributed by atoms with van der Waals surface area (Å²) in [5.74, 6) is 4.88. The summed E-state index contributed by atoms with van der Waals surface area (Å²) in [5, 5.41) is 33.2.